The molecule has 1 fully saturated rings. The lowest BCUT2D eigenvalue weighted by Gasteiger charge is -2.32. The highest BCUT2D eigenvalue weighted by Crippen LogP contribution is 2.11. The second kappa shape index (κ2) is 6.34. The zero-order chi connectivity index (χ0) is 11.1. The van der Waals surface area contributed by atoms with Crippen molar-refractivity contribution in [1.29, 1.82) is 0 Å². The Bertz CT molecular complexity index is 238. The van der Waals surface area contributed by atoms with Crippen molar-refractivity contribution in [3.63, 3.8) is 0 Å². The van der Waals surface area contributed by atoms with Crippen LogP contribution in [0.5, 0.6) is 0 Å². The molecule has 1 heterocycles. The van der Waals surface area contributed by atoms with Gasteiger partial charge >= 0.3 is 6.03 Å². The molecule has 0 aromatic carbocycles. The monoisotopic (exact) mass is 208 g/mol. The molecule has 0 aromatic rings. The van der Waals surface area contributed by atoms with Crippen LogP contribution < -0.4 is 0 Å². The summed E-state index contributed by atoms with van der Waals surface area (Å²) in [5.41, 5.74) is 0. The van der Waals surface area contributed by atoms with Crippen LogP contribution in [0.2, 0.25) is 0 Å². The van der Waals surface area contributed by atoms with E-state index in [9.17, 15) is 4.79 Å². The van der Waals surface area contributed by atoms with Crippen molar-refractivity contribution in [2.45, 2.75) is 32.6 Å². The maximum absolute atomic E-state index is 12.0. The molecule has 0 aliphatic carbocycles. The highest BCUT2D eigenvalue weighted by atomic mass is 16.2. The average molecular weight is 208 g/mol. The summed E-state index contributed by atoms with van der Waals surface area (Å²) in [6, 6.07) is 0.120. The number of hydrogen-bond acceptors (Lipinski definition) is 1. The third-order valence-corrected chi connectivity index (χ3v) is 2.67. The number of hydrogen-bond donors (Lipinski definition) is 0. The Morgan fingerprint density at radius 1 is 1.40 bits per heavy atom. The summed E-state index contributed by atoms with van der Waals surface area (Å²) in [5.74, 6) is 2.55. The SMILES string of the molecule is C#CCN(CCC)C(=O)N1CCCCC1. The van der Waals surface area contributed by atoms with Crippen molar-refractivity contribution in [3.8, 4) is 12.3 Å². The summed E-state index contributed by atoms with van der Waals surface area (Å²) >= 11 is 0. The first-order valence-electron chi connectivity index (χ1n) is 5.77. The van der Waals surface area contributed by atoms with Gasteiger partial charge in [0.1, 0.15) is 0 Å². The molecule has 15 heavy (non-hydrogen) atoms. The molecule has 0 saturated carbocycles. The largest absolute Gasteiger partial charge is 0.325 e. The van der Waals surface area contributed by atoms with Gasteiger partial charge in [0.05, 0.1) is 6.54 Å². The highest BCUT2D eigenvalue weighted by Gasteiger charge is 2.20. The fraction of sp³-hybridized carbons (Fsp3) is 0.750. The Morgan fingerprint density at radius 2 is 2.07 bits per heavy atom. The van der Waals surface area contributed by atoms with Crippen LogP contribution in [0.25, 0.3) is 0 Å². The van der Waals surface area contributed by atoms with Gasteiger partial charge in [-0.25, -0.2) is 4.79 Å². The molecule has 1 aliphatic rings. The van der Waals surface area contributed by atoms with Gasteiger partial charge in [-0.15, -0.1) is 6.42 Å². The van der Waals surface area contributed by atoms with Gasteiger partial charge in [-0.3, -0.25) is 0 Å². The molecule has 3 heteroatoms. The van der Waals surface area contributed by atoms with Gasteiger partial charge in [-0.2, -0.15) is 0 Å². The third kappa shape index (κ3) is 3.47. The topological polar surface area (TPSA) is 23.6 Å². The van der Waals surface area contributed by atoms with Crippen LogP contribution in [-0.2, 0) is 0 Å². The van der Waals surface area contributed by atoms with Crippen molar-refractivity contribution in [3.05, 3.63) is 0 Å². The molecule has 0 unspecified atom stereocenters. The first-order valence-corrected chi connectivity index (χ1v) is 5.77. The molecular weight excluding hydrogens is 188 g/mol. The van der Waals surface area contributed by atoms with E-state index >= 15 is 0 Å². The highest BCUT2D eigenvalue weighted by molar-refractivity contribution is 5.74. The Balaban J connectivity index is 2.50. The Morgan fingerprint density at radius 3 is 2.60 bits per heavy atom. The van der Waals surface area contributed by atoms with Crippen LogP contribution in [0, 0.1) is 12.3 Å². The number of amides is 2. The number of piperidine rings is 1. The van der Waals surface area contributed by atoms with Crippen LogP contribution in [-0.4, -0.2) is 42.0 Å². The van der Waals surface area contributed by atoms with E-state index < -0.39 is 0 Å². The molecule has 0 aromatic heterocycles. The Hall–Kier alpha value is -1.17. The predicted molar refractivity (Wildman–Crippen MR) is 61.5 cm³/mol. The van der Waals surface area contributed by atoms with Crippen LogP contribution in [0.15, 0.2) is 0 Å². The van der Waals surface area contributed by atoms with Crippen molar-refractivity contribution >= 4 is 6.03 Å². The van der Waals surface area contributed by atoms with Gasteiger partial charge in [0.15, 0.2) is 0 Å². The first kappa shape index (κ1) is 11.9. The first-order chi connectivity index (χ1) is 7.29. The van der Waals surface area contributed by atoms with E-state index in [2.05, 4.69) is 12.8 Å². The average Bonchev–Trinajstić information content (AvgIpc) is 2.29. The van der Waals surface area contributed by atoms with Crippen LogP contribution in [0.4, 0.5) is 4.79 Å². The molecule has 0 spiro atoms. The lowest BCUT2D eigenvalue weighted by molar-refractivity contribution is 0.148. The van der Waals surface area contributed by atoms with E-state index in [4.69, 9.17) is 6.42 Å². The normalized spacial score (nSPS) is 15.9. The molecule has 2 amide bonds. The van der Waals surface area contributed by atoms with Gasteiger partial charge in [0, 0.05) is 19.6 Å². The molecule has 1 rings (SSSR count). The van der Waals surface area contributed by atoms with E-state index in [0.717, 1.165) is 38.9 Å². The third-order valence-electron chi connectivity index (χ3n) is 2.67. The van der Waals surface area contributed by atoms with Crippen molar-refractivity contribution in [2.75, 3.05) is 26.2 Å². The lowest BCUT2D eigenvalue weighted by atomic mass is 10.1. The maximum Gasteiger partial charge on any atom is 0.320 e. The van der Waals surface area contributed by atoms with E-state index in [1.54, 1.807) is 4.90 Å². The van der Waals surface area contributed by atoms with Gasteiger partial charge in [-0.05, 0) is 25.7 Å². The zero-order valence-electron chi connectivity index (χ0n) is 9.54. The fourth-order valence-electron chi connectivity index (χ4n) is 1.91. The smallest absolute Gasteiger partial charge is 0.320 e. The molecule has 84 valence electrons. The van der Waals surface area contributed by atoms with Crippen LogP contribution >= 0.6 is 0 Å². The van der Waals surface area contributed by atoms with Gasteiger partial charge in [-0.1, -0.05) is 12.8 Å². The molecule has 0 radical (unpaired) electrons. The van der Waals surface area contributed by atoms with Crippen LogP contribution in [0.3, 0.4) is 0 Å². The number of likely N-dealkylation sites (tertiary alicyclic amines) is 1. The molecule has 0 atom stereocenters. The summed E-state index contributed by atoms with van der Waals surface area (Å²) in [4.78, 5) is 15.7. The second-order valence-corrected chi connectivity index (χ2v) is 3.96. The minimum absolute atomic E-state index is 0.120. The zero-order valence-corrected chi connectivity index (χ0v) is 9.54. The Labute approximate surface area is 92.4 Å². The number of urea groups is 1. The Kier molecular flexibility index (Phi) is 5.03. The minimum atomic E-state index is 0.120. The molecular formula is C12H20N2O. The van der Waals surface area contributed by atoms with E-state index in [1.165, 1.54) is 6.42 Å². The summed E-state index contributed by atoms with van der Waals surface area (Å²) in [7, 11) is 0. The molecule has 3 nitrogen and oxygen atoms in total. The molecule has 1 aliphatic heterocycles. The second-order valence-electron chi connectivity index (χ2n) is 3.96. The summed E-state index contributed by atoms with van der Waals surface area (Å²) in [6.45, 7) is 5.04. The minimum Gasteiger partial charge on any atom is -0.325 e. The predicted octanol–water partition coefficient (Wildman–Crippen LogP) is 1.94. The van der Waals surface area contributed by atoms with Gasteiger partial charge in [0.25, 0.3) is 0 Å². The standard InChI is InChI=1S/C12H20N2O/c1-3-8-13(9-4-2)12(15)14-10-6-5-7-11-14/h1H,4-11H2,2H3. The maximum atomic E-state index is 12.0. The van der Waals surface area contributed by atoms with E-state index in [1.807, 2.05) is 4.90 Å². The molecule has 1 saturated heterocycles. The van der Waals surface area contributed by atoms with Crippen molar-refractivity contribution < 1.29 is 4.79 Å². The summed E-state index contributed by atoms with van der Waals surface area (Å²) < 4.78 is 0. The number of nitrogens with zero attached hydrogens (tertiary/aromatic N) is 2. The number of carbonyl (C=O) groups excluding carboxylic acids is 1. The fourth-order valence-corrected chi connectivity index (χ4v) is 1.91. The number of rotatable bonds is 3. The summed E-state index contributed by atoms with van der Waals surface area (Å²) in [5, 5.41) is 0. The molecule has 0 N–H and O–H groups in total. The van der Waals surface area contributed by atoms with Crippen molar-refractivity contribution in [1.82, 2.24) is 9.80 Å². The van der Waals surface area contributed by atoms with E-state index in [0.29, 0.717) is 6.54 Å². The molecule has 0 bridgehead atoms. The van der Waals surface area contributed by atoms with Crippen molar-refractivity contribution in [2.24, 2.45) is 0 Å². The lowest BCUT2D eigenvalue weighted by Crippen LogP contribution is -2.45. The summed E-state index contributed by atoms with van der Waals surface area (Å²) in [6.07, 6.45) is 9.72. The van der Waals surface area contributed by atoms with E-state index in [-0.39, 0.29) is 6.03 Å². The number of carbonyl (C=O) groups is 1. The number of terminal acetylenes is 1. The van der Waals surface area contributed by atoms with Gasteiger partial charge in [0.2, 0.25) is 0 Å². The van der Waals surface area contributed by atoms with Crippen LogP contribution in [0.1, 0.15) is 32.6 Å². The van der Waals surface area contributed by atoms with Gasteiger partial charge < -0.3 is 9.80 Å². The quantitative estimate of drug-likeness (QED) is 0.650.